The lowest BCUT2D eigenvalue weighted by Gasteiger charge is -2.21. The van der Waals surface area contributed by atoms with Crippen LogP contribution in [0.3, 0.4) is 0 Å². The number of para-hydroxylation sites is 1. The average molecular weight is 414 g/mol. The van der Waals surface area contributed by atoms with E-state index in [4.69, 9.17) is 9.47 Å². The monoisotopic (exact) mass is 414 g/mol. The van der Waals surface area contributed by atoms with Gasteiger partial charge in [0.05, 0.1) is 0 Å². The molecule has 0 saturated carbocycles. The Bertz CT molecular complexity index is 877. The number of ether oxygens (including phenoxy) is 2. The van der Waals surface area contributed by atoms with Crippen molar-refractivity contribution in [2.45, 2.75) is 45.4 Å². The van der Waals surface area contributed by atoms with Gasteiger partial charge in [0, 0.05) is 12.1 Å². The number of amides is 2. The van der Waals surface area contributed by atoms with Gasteiger partial charge in [-0.25, -0.2) is 14.4 Å². The zero-order valence-corrected chi connectivity index (χ0v) is 17.2. The number of anilines is 1. The number of carboxylic acids is 1. The maximum absolute atomic E-state index is 12.1. The molecule has 2 aromatic rings. The fourth-order valence-corrected chi connectivity index (χ4v) is 2.56. The smallest absolute Gasteiger partial charge is 0.412 e. The summed E-state index contributed by atoms with van der Waals surface area (Å²) in [6, 6.07) is 14.5. The van der Waals surface area contributed by atoms with Gasteiger partial charge in [-0.05, 0) is 38.0 Å². The fourth-order valence-electron chi connectivity index (χ4n) is 2.56. The quantitative estimate of drug-likeness (QED) is 0.632. The normalized spacial score (nSPS) is 11.8. The first kappa shape index (κ1) is 22.7. The molecule has 0 aromatic heterocycles. The first-order valence-electron chi connectivity index (χ1n) is 9.42. The minimum absolute atomic E-state index is 0.0236. The molecule has 8 nitrogen and oxygen atoms in total. The summed E-state index contributed by atoms with van der Waals surface area (Å²) in [6.07, 6.45) is -1.55. The maximum Gasteiger partial charge on any atom is 0.412 e. The molecule has 0 aliphatic rings. The minimum Gasteiger partial charge on any atom is -0.480 e. The molecule has 3 N–H and O–H groups in total. The first-order chi connectivity index (χ1) is 14.1. The van der Waals surface area contributed by atoms with E-state index in [0.717, 1.165) is 5.56 Å². The van der Waals surface area contributed by atoms with Gasteiger partial charge in [0.25, 0.3) is 0 Å². The Morgan fingerprint density at radius 1 is 0.967 bits per heavy atom. The largest absolute Gasteiger partial charge is 0.480 e. The van der Waals surface area contributed by atoms with E-state index in [2.05, 4.69) is 10.6 Å². The van der Waals surface area contributed by atoms with Crippen LogP contribution in [-0.4, -0.2) is 34.9 Å². The fraction of sp³-hybridized carbons (Fsp3) is 0.318. The van der Waals surface area contributed by atoms with Crippen molar-refractivity contribution >= 4 is 23.8 Å². The van der Waals surface area contributed by atoms with Crippen LogP contribution in [0.5, 0.6) is 0 Å². The predicted molar refractivity (Wildman–Crippen MR) is 111 cm³/mol. The van der Waals surface area contributed by atoms with Crippen LogP contribution in [0.2, 0.25) is 0 Å². The average Bonchev–Trinajstić information content (AvgIpc) is 2.66. The third-order valence-electron chi connectivity index (χ3n) is 3.88. The zero-order chi connectivity index (χ0) is 22.1. The molecule has 0 spiro atoms. The number of hydrogen-bond acceptors (Lipinski definition) is 5. The van der Waals surface area contributed by atoms with Gasteiger partial charge in [-0.15, -0.1) is 0 Å². The number of carbonyl (C=O) groups is 3. The van der Waals surface area contributed by atoms with Crippen LogP contribution < -0.4 is 10.6 Å². The third kappa shape index (κ3) is 7.83. The SMILES string of the molecule is CC(C)(C)OC(=O)Nc1ccccc1C[C@@H](NC(=O)OCc1ccccc1)C(=O)O. The number of aliphatic carboxylic acids is 1. The highest BCUT2D eigenvalue weighted by Gasteiger charge is 2.23. The molecule has 0 unspecified atom stereocenters. The van der Waals surface area contributed by atoms with Crippen LogP contribution in [0.4, 0.5) is 15.3 Å². The van der Waals surface area contributed by atoms with Gasteiger partial charge < -0.3 is 19.9 Å². The van der Waals surface area contributed by atoms with Crippen molar-refractivity contribution < 1.29 is 29.0 Å². The molecule has 0 aliphatic heterocycles. The second-order valence-electron chi connectivity index (χ2n) is 7.59. The van der Waals surface area contributed by atoms with Crippen molar-refractivity contribution in [1.82, 2.24) is 5.32 Å². The summed E-state index contributed by atoms with van der Waals surface area (Å²) in [4.78, 5) is 35.8. The lowest BCUT2D eigenvalue weighted by atomic mass is 10.0. The number of hydrogen-bond donors (Lipinski definition) is 3. The van der Waals surface area contributed by atoms with E-state index in [0.29, 0.717) is 11.3 Å². The van der Waals surface area contributed by atoms with Crippen molar-refractivity contribution in [2.75, 3.05) is 5.32 Å². The highest BCUT2D eigenvalue weighted by molar-refractivity contribution is 5.86. The molecule has 2 rings (SSSR count). The van der Waals surface area contributed by atoms with Crippen LogP contribution >= 0.6 is 0 Å². The van der Waals surface area contributed by atoms with Crippen molar-refractivity contribution in [2.24, 2.45) is 0 Å². The minimum atomic E-state index is -1.24. The van der Waals surface area contributed by atoms with E-state index in [1.165, 1.54) is 0 Å². The third-order valence-corrected chi connectivity index (χ3v) is 3.88. The Balaban J connectivity index is 2.01. The number of carboxylic acid groups (broad SMARTS) is 1. The van der Waals surface area contributed by atoms with E-state index in [1.54, 1.807) is 57.2 Å². The lowest BCUT2D eigenvalue weighted by Crippen LogP contribution is -2.42. The van der Waals surface area contributed by atoms with Crippen LogP contribution in [-0.2, 0) is 27.3 Å². The van der Waals surface area contributed by atoms with Gasteiger partial charge in [0.2, 0.25) is 0 Å². The standard InChI is InChI=1S/C22H26N2O6/c1-22(2,3)30-21(28)23-17-12-8-7-11-16(17)13-18(19(25)26)24-20(27)29-14-15-9-5-4-6-10-15/h4-12,18H,13-14H2,1-3H3,(H,23,28)(H,24,27)(H,25,26)/t18-/m1/s1. The molecule has 0 aliphatic carbocycles. The number of rotatable bonds is 7. The van der Waals surface area contributed by atoms with Gasteiger partial charge in [-0.3, -0.25) is 5.32 Å². The van der Waals surface area contributed by atoms with Crippen molar-refractivity contribution in [3.8, 4) is 0 Å². The molecule has 30 heavy (non-hydrogen) atoms. The topological polar surface area (TPSA) is 114 Å². The van der Waals surface area contributed by atoms with Gasteiger partial charge in [-0.2, -0.15) is 0 Å². The molecule has 2 aromatic carbocycles. The van der Waals surface area contributed by atoms with Crippen LogP contribution in [0.25, 0.3) is 0 Å². The highest BCUT2D eigenvalue weighted by atomic mass is 16.6. The lowest BCUT2D eigenvalue weighted by molar-refractivity contribution is -0.139. The van der Waals surface area contributed by atoms with E-state index < -0.39 is 29.8 Å². The zero-order valence-electron chi connectivity index (χ0n) is 17.2. The second-order valence-corrected chi connectivity index (χ2v) is 7.59. The van der Waals surface area contributed by atoms with Gasteiger partial charge in [0.1, 0.15) is 18.2 Å². The van der Waals surface area contributed by atoms with Crippen molar-refractivity contribution in [3.63, 3.8) is 0 Å². The van der Waals surface area contributed by atoms with Crippen LogP contribution in [0.15, 0.2) is 54.6 Å². The van der Waals surface area contributed by atoms with Gasteiger partial charge in [0.15, 0.2) is 0 Å². The molecule has 0 saturated heterocycles. The Labute approximate surface area is 175 Å². The Kier molecular flexibility index (Phi) is 7.80. The Morgan fingerprint density at radius 2 is 1.60 bits per heavy atom. The molecule has 160 valence electrons. The maximum atomic E-state index is 12.1. The molecular formula is C22H26N2O6. The first-order valence-corrected chi connectivity index (χ1v) is 9.42. The van der Waals surface area contributed by atoms with E-state index in [-0.39, 0.29) is 13.0 Å². The molecule has 0 bridgehead atoms. The van der Waals surface area contributed by atoms with Gasteiger partial charge >= 0.3 is 18.2 Å². The molecule has 0 heterocycles. The van der Waals surface area contributed by atoms with E-state index in [9.17, 15) is 19.5 Å². The highest BCUT2D eigenvalue weighted by Crippen LogP contribution is 2.19. The number of nitrogens with one attached hydrogen (secondary N) is 2. The predicted octanol–water partition coefficient (Wildman–Crippen LogP) is 3.96. The van der Waals surface area contributed by atoms with Crippen molar-refractivity contribution in [3.05, 3.63) is 65.7 Å². The molecule has 0 radical (unpaired) electrons. The van der Waals surface area contributed by atoms with Crippen molar-refractivity contribution in [1.29, 1.82) is 0 Å². The summed E-state index contributed by atoms with van der Waals surface area (Å²) in [5.41, 5.74) is 1.04. The second kappa shape index (κ2) is 10.3. The summed E-state index contributed by atoms with van der Waals surface area (Å²) in [5.74, 6) is -1.22. The Hall–Kier alpha value is -3.55. The summed E-state index contributed by atoms with van der Waals surface area (Å²) in [6.45, 7) is 5.24. The molecule has 1 atom stereocenters. The molecule has 2 amide bonds. The summed E-state index contributed by atoms with van der Waals surface area (Å²) in [5, 5.41) is 14.5. The van der Waals surface area contributed by atoms with Crippen LogP contribution in [0, 0.1) is 0 Å². The summed E-state index contributed by atoms with van der Waals surface area (Å²) >= 11 is 0. The molecular weight excluding hydrogens is 388 g/mol. The molecule has 8 heteroatoms. The summed E-state index contributed by atoms with van der Waals surface area (Å²) < 4.78 is 10.3. The van der Waals surface area contributed by atoms with E-state index >= 15 is 0 Å². The van der Waals surface area contributed by atoms with Crippen LogP contribution in [0.1, 0.15) is 31.9 Å². The Morgan fingerprint density at radius 3 is 2.23 bits per heavy atom. The number of alkyl carbamates (subject to hydrolysis) is 1. The number of carbonyl (C=O) groups excluding carboxylic acids is 2. The van der Waals surface area contributed by atoms with Gasteiger partial charge in [-0.1, -0.05) is 48.5 Å². The molecule has 0 fully saturated rings. The summed E-state index contributed by atoms with van der Waals surface area (Å²) in [7, 11) is 0. The van der Waals surface area contributed by atoms with E-state index in [1.807, 2.05) is 18.2 Å². The number of benzene rings is 2.